The first-order valence-corrected chi connectivity index (χ1v) is 4.35. The largest absolute Gasteiger partial charge is 0.478 e. The first kappa shape index (κ1) is 10.8. The summed E-state index contributed by atoms with van der Waals surface area (Å²) in [5.41, 5.74) is 6.49. The van der Waals surface area contributed by atoms with Crippen LogP contribution in [0, 0.1) is 0 Å². The van der Waals surface area contributed by atoms with E-state index in [0.717, 1.165) is 0 Å². The smallest absolute Gasteiger partial charge is 0.335 e. The maximum absolute atomic E-state index is 10.6. The molecule has 0 aliphatic carbocycles. The third-order valence-electron chi connectivity index (χ3n) is 1.86. The van der Waals surface area contributed by atoms with Crippen molar-refractivity contribution in [1.29, 1.82) is 0 Å². The third-order valence-corrected chi connectivity index (χ3v) is 2.19. The molecule has 74 valence electrons. The van der Waals surface area contributed by atoms with Gasteiger partial charge < -0.3 is 10.8 Å². The molecule has 0 radical (unpaired) electrons. The predicted molar refractivity (Wildman–Crippen MR) is 55.5 cm³/mol. The highest BCUT2D eigenvalue weighted by Gasteiger charge is 2.10. The molecule has 1 aromatic carbocycles. The molecule has 0 unspecified atom stereocenters. The Morgan fingerprint density at radius 1 is 1.64 bits per heavy atom. The zero-order chi connectivity index (χ0) is 10.7. The molecule has 1 atom stereocenters. The van der Waals surface area contributed by atoms with E-state index < -0.39 is 5.97 Å². The Morgan fingerprint density at radius 2 is 2.29 bits per heavy atom. The number of carboxylic acids is 1. The number of benzene rings is 1. The van der Waals surface area contributed by atoms with Crippen LogP contribution in [-0.4, -0.2) is 11.1 Å². The van der Waals surface area contributed by atoms with E-state index in [1.165, 1.54) is 12.1 Å². The minimum atomic E-state index is -1.01. The molecule has 0 aromatic heterocycles. The van der Waals surface area contributed by atoms with Gasteiger partial charge in [0.25, 0.3) is 0 Å². The van der Waals surface area contributed by atoms with Crippen molar-refractivity contribution in [1.82, 2.24) is 0 Å². The van der Waals surface area contributed by atoms with Crippen molar-refractivity contribution in [2.75, 3.05) is 0 Å². The molecule has 0 bridgehead atoms. The minimum absolute atomic E-state index is 0.148. The molecule has 1 rings (SSSR count). The van der Waals surface area contributed by atoms with Crippen molar-refractivity contribution < 1.29 is 9.90 Å². The van der Waals surface area contributed by atoms with Crippen LogP contribution in [0.3, 0.4) is 0 Å². The van der Waals surface area contributed by atoms with E-state index in [2.05, 4.69) is 6.58 Å². The van der Waals surface area contributed by atoms with Crippen molar-refractivity contribution in [2.45, 2.75) is 6.04 Å². The molecule has 4 heteroatoms. The van der Waals surface area contributed by atoms with Gasteiger partial charge in [-0.05, 0) is 17.7 Å². The molecule has 14 heavy (non-hydrogen) atoms. The van der Waals surface area contributed by atoms with Gasteiger partial charge in [-0.15, -0.1) is 6.58 Å². The van der Waals surface area contributed by atoms with Crippen LogP contribution in [0.25, 0.3) is 0 Å². The molecule has 0 heterocycles. The standard InChI is InChI=1S/C10H10ClNO2/c1-2-9(12)7-4-3-6(10(13)14)5-8(7)11/h2-5,9H,1,12H2,(H,13,14)/t9-/m1/s1. The number of halogens is 1. The van der Waals surface area contributed by atoms with E-state index >= 15 is 0 Å². The maximum atomic E-state index is 10.6. The second kappa shape index (κ2) is 4.26. The van der Waals surface area contributed by atoms with Gasteiger partial charge in [0.1, 0.15) is 0 Å². The van der Waals surface area contributed by atoms with Crippen LogP contribution in [0.1, 0.15) is 22.0 Å². The van der Waals surface area contributed by atoms with E-state index in [9.17, 15) is 4.79 Å². The number of carbonyl (C=O) groups is 1. The molecule has 0 aliphatic heterocycles. The normalized spacial score (nSPS) is 12.1. The van der Waals surface area contributed by atoms with Crippen LogP contribution >= 0.6 is 11.6 Å². The molecule has 0 aliphatic rings. The van der Waals surface area contributed by atoms with Crippen molar-refractivity contribution in [2.24, 2.45) is 5.73 Å². The van der Waals surface area contributed by atoms with Gasteiger partial charge in [-0.3, -0.25) is 0 Å². The third kappa shape index (κ3) is 2.13. The summed E-state index contributed by atoms with van der Waals surface area (Å²) in [6.45, 7) is 3.54. The number of aromatic carboxylic acids is 1. The first-order chi connectivity index (χ1) is 6.56. The highest BCUT2D eigenvalue weighted by Crippen LogP contribution is 2.23. The fourth-order valence-electron chi connectivity index (χ4n) is 1.06. The molecular formula is C10H10ClNO2. The molecule has 0 saturated carbocycles. The molecule has 0 fully saturated rings. The SMILES string of the molecule is C=C[C@@H](N)c1ccc(C(=O)O)cc1Cl. The van der Waals surface area contributed by atoms with Crippen molar-refractivity contribution >= 4 is 17.6 Å². The van der Waals surface area contributed by atoms with E-state index in [0.29, 0.717) is 10.6 Å². The second-order valence-corrected chi connectivity index (χ2v) is 3.21. The number of rotatable bonds is 3. The van der Waals surface area contributed by atoms with Crippen LogP contribution in [0.4, 0.5) is 0 Å². The van der Waals surface area contributed by atoms with Crippen LogP contribution < -0.4 is 5.73 Å². The molecule has 3 N–H and O–H groups in total. The second-order valence-electron chi connectivity index (χ2n) is 2.80. The monoisotopic (exact) mass is 211 g/mol. The van der Waals surface area contributed by atoms with Crippen molar-refractivity contribution in [3.8, 4) is 0 Å². The Bertz CT molecular complexity index is 376. The number of hydrogen-bond acceptors (Lipinski definition) is 2. The number of hydrogen-bond donors (Lipinski definition) is 2. The molecule has 0 amide bonds. The molecular weight excluding hydrogens is 202 g/mol. The van der Waals surface area contributed by atoms with E-state index in [4.69, 9.17) is 22.4 Å². The average Bonchev–Trinajstić information content (AvgIpc) is 2.16. The molecule has 0 spiro atoms. The summed E-state index contributed by atoms with van der Waals surface area (Å²) in [7, 11) is 0. The van der Waals surface area contributed by atoms with Crippen LogP contribution in [0.5, 0.6) is 0 Å². The fraction of sp³-hybridized carbons (Fsp3) is 0.100. The van der Waals surface area contributed by atoms with Crippen molar-refractivity contribution in [3.05, 3.63) is 47.0 Å². The summed E-state index contributed by atoms with van der Waals surface area (Å²) in [5, 5.41) is 9.03. The van der Waals surface area contributed by atoms with Gasteiger partial charge in [0.05, 0.1) is 5.56 Å². The summed E-state index contributed by atoms with van der Waals surface area (Å²) in [6.07, 6.45) is 1.54. The summed E-state index contributed by atoms with van der Waals surface area (Å²) in [5.74, 6) is -1.01. The fourth-order valence-corrected chi connectivity index (χ4v) is 1.36. The van der Waals surface area contributed by atoms with Gasteiger partial charge in [0, 0.05) is 11.1 Å². The number of carboxylic acid groups (broad SMARTS) is 1. The average molecular weight is 212 g/mol. The zero-order valence-electron chi connectivity index (χ0n) is 7.40. The lowest BCUT2D eigenvalue weighted by Crippen LogP contribution is -2.08. The van der Waals surface area contributed by atoms with Crippen LogP contribution in [-0.2, 0) is 0 Å². The Labute approximate surface area is 86.8 Å². The van der Waals surface area contributed by atoms with Crippen LogP contribution in [0.2, 0.25) is 5.02 Å². The molecule has 3 nitrogen and oxygen atoms in total. The van der Waals surface area contributed by atoms with Gasteiger partial charge >= 0.3 is 5.97 Å². The highest BCUT2D eigenvalue weighted by molar-refractivity contribution is 6.31. The Balaban J connectivity index is 3.13. The molecule has 0 saturated heterocycles. The zero-order valence-corrected chi connectivity index (χ0v) is 8.16. The maximum Gasteiger partial charge on any atom is 0.335 e. The Morgan fingerprint density at radius 3 is 2.71 bits per heavy atom. The van der Waals surface area contributed by atoms with Gasteiger partial charge in [-0.25, -0.2) is 4.79 Å². The van der Waals surface area contributed by atoms with Gasteiger partial charge in [-0.2, -0.15) is 0 Å². The Hall–Kier alpha value is -1.32. The summed E-state index contributed by atoms with van der Waals surface area (Å²) < 4.78 is 0. The summed E-state index contributed by atoms with van der Waals surface area (Å²) in [4.78, 5) is 10.6. The van der Waals surface area contributed by atoms with E-state index in [1.807, 2.05) is 0 Å². The first-order valence-electron chi connectivity index (χ1n) is 3.97. The van der Waals surface area contributed by atoms with E-state index in [-0.39, 0.29) is 11.6 Å². The molecule has 1 aromatic rings. The van der Waals surface area contributed by atoms with E-state index in [1.54, 1.807) is 12.1 Å². The van der Waals surface area contributed by atoms with Crippen LogP contribution in [0.15, 0.2) is 30.9 Å². The van der Waals surface area contributed by atoms with Gasteiger partial charge in [-0.1, -0.05) is 23.7 Å². The topological polar surface area (TPSA) is 63.3 Å². The summed E-state index contributed by atoms with van der Waals surface area (Å²) in [6, 6.07) is 4.07. The lowest BCUT2D eigenvalue weighted by atomic mass is 10.1. The lowest BCUT2D eigenvalue weighted by molar-refractivity contribution is 0.0697. The van der Waals surface area contributed by atoms with Crippen molar-refractivity contribution in [3.63, 3.8) is 0 Å². The quantitative estimate of drug-likeness (QED) is 0.754. The van der Waals surface area contributed by atoms with Gasteiger partial charge in [0.2, 0.25) is 0 Å². The number of nitrogens with two attached hydrogens (primary N) is 1. The lowest BCUT2D eigenvalue weighted by Gasteiger charge is -2.09. The predicted octanol–water partition coefficient (Wildman–Crippen LogP) is 2.22. The highest BCUT2D eigenvalue weighted by atomic mass is 35.5. The Kier molecular flexibility index (Phi) is 3.28. The van der Waals surface area contributed by atoms with Gasteiger partial charge in [0.15, 0.2) is 0 Å². The summed E-state index contributed by atoms with van der Waals surface area (Å²) >= 11 is 5.86. The minimum Gasteiger partial charge on any atom is -0.478 e.